The molecule has 3 rings (SSSR count). The number of hydrogen-bond donors (Lipinski definition) is 2. The molecule has 2 aromatic rings. The molecule has 2 amide bonds. The summed E-state index contributed by atoms with van der Waals surface area (Å²) in [6, 6.07) is 10.8. The molecule has 2 aromatic carbocycles. The van der Waals surface area contributed by atoms with E-state index in [0.717, 1.165) is 9.87 Å². The Morgan fingerprint density at radius 2 is 1.80 bits per heavy atom. The molecule has 0 radical (unpaired) electrons. The number of anilines is 1. The highest BCUT2D eigenvalue weighted by Gasteiger charge is 2.41. The van der Waals surface area contributed by atoms with Crippen LogP contribution in [-0.2, 0) is 26.2 Å². The Hall–Kier alpha value is -3.59. The molecule has 1 fully saturated rings. The Kier molecular flexibility index (Phi) is 8.70. The van der Waals surface area contributed by atoms with Gasteiger partial charge in [-0.05, 0) is 48.9 Å². The maximum absolute atomic E-state index is 13.2. The van der Waals surface area contributed by atoms with E-state index in [9.17, 15) is 23.1 Å². The van der Waals surface area contributed by atoms with Gasteiger partial charge in [-0.15, -0.1) is 5.92 Å². The summed E-state index contributed by atoms with van der Waals surface area (Å²) < 4.78 is 37.8. The van der Waals surface area contributed by atoms with Gasteiger partial charge >= 0.3 is 12.0 Å². The van der Waals surface area contributed by atoms with Gasteiger partial charge in [0.15, 0.2) is 0 Å². The van der Waals surface area contributed by atoms with Gasteiger partial charge in [-0.25, -0.2) is 13.2 Å². The molecule has 0 saturated carbocycles. The van der Waals surface area contributed by atoms with E-state index < -0.39 is 28.1 Å². The number of ether oxygens (including phenoxy) is 2. The van der Waals surface area contributed by atoms with Gasteiger partial charge in [-0.2, -0.15) is 4.31 Å². The summed E-state index contributed by atoms with van der Waals surface area (Å²) in [5, 5.41) is 12.5. The van der Waals surface area contributed by atoms with E-state index >= 15 is 0 Å². The van der Waals surface area contributed by atoms with Crippen molar-refractivity contribution in [3.05, 3.63) is 54.1 Å². The van der Waals surface area contributed by atoms with Gasteiger partial charge in [-0.3, -0.25) is 4.79 Å². The third-order valence-corrected chi connectivity index (χ3v) is 7.26. The molecular weight excluding hydrogens is 474 g/mol. The highest BCUT2D eigenvalue weighted by molar-refractivity contribution is 7.89. The molecule has 0 spiro atoms. The van der Waals surface area contributed by atoms with E-state index in [1.807, 2.05) is 0 Å². The van der Waals surface area contributed by atoms with Gasteiger partial charge in [0.05, 0.1) is 11.5 Å². The van der Waals surface area contributed by atoms with Gasteiger partial charge in [0.25, 0.3) is 0 Å². The number of carboxylic acids is 1. The minimum Gasteiger partial charge on any atom is -0.481 e. The molecule has 11 heteroatoms. The first-order valence-corrected chi connectivity index (χ1v) is 12.2. The summed E-state index contributed by atoms with van der Waals surface area (Å²) in [7, 11) is -2.53. The molecule has 1 heterocycles. The largest absolute Gasteiger partial charge is 0.481 e. The van der Waals surface area contributed by atoms with E-state index in [1.165, 1.54) is 29.2 Å². The lowest BCUT2D eigenvalue weighted by Gasteiger charge is -2.38. The van der Waals surface area contributed by atoms with Crippen molar-refractivity contribution in [2.75, 3.05) is 38.7 Å². The number of carbonyl (C=O) groups excluding carboxylic acids is 1. The predicted molar refractivity (Wildman–Crippen MR) is 128 cm³/mol. The second-order valence-electron chi connectivity index (χ2n) is 7.66. The zero-order chi connectivity index (χ0) is 25.4. The number of piperazine rings is 1. The second-order valence-corrected chi connectivity index (χ2v) is 9.55. The number of benzene rings is 2. The zero-order valence-electron chi connectivity index (χ0n) is 19.4. The van der Waals surface area contributed by atoms with Crippen molar-refractivity contribution in [3.8, 4) is 17.6 Å². The fourth-order valence-electron chi connectivity index (χ4n) is 3.53. The second kappa shape index (κ2) is 11.7. The topological polar surface area (TPSA) is 125 Å². The molecule has 35 heavy (non-hydrogen) atoms. The maximum Gasteiger partial charge on any atom is 0.323 e. The Bertz CT molecular complexity index is 1200. The van der Waals surface area contributed by atoms with Crippen LogP contribution in [0, 0.1) is 11.8 Å². The highest BCUT2D eigenvalue weighted by atomic mass is 32.2. The fraction of sp³-hybridized carbons (Fsp3) is 0.333. The first-order chi connectivity index (χ1) is 16.8. The number of amides is 2. The number of urea groups is 1. The van der Waals surface area contributed by atoms with Crippen LogP contribution < -0.4 is 10.1 Å². The van der Waals surface area contributed by atoms with Crippen LogP contribution in [0.5, 0.6) is 5.75 Å². The van der Waals surface area contributed by atoms with E-state index in [4.69, 9.17) is 9.47 Å². The summed E-state index contributed by atoms with van der Waals surface area (Å²) in [5.74, 6) is 4.54. The fourth-order valence-corrected chi connectivity index (χ4v) is 5.09. The SMILES string of the molecule is CC#CCOc1ccc(S(=O)(=O)N2CCN(C(=O)Nc3ccc(COC)cc3)CC2C(=O)O)cc1. The molecule has 0 aliphatic carbocycles. The monoisotopic (exact) mass is 501 g/mol. The normalized spacial score (nSPS) is 16.2. The van der Waals surface area contributed by atoms with E-state index in [0.29, 0.717) is 18.0 Å². The molecule has 0 bridgehead atoms. The van der Waals surface area contributed by atoms with Crippen molar-refractivity contribution in [3.63, 3.8) is 0 Å². The molecule has 1 atom stereocenters. The van der Waals surface area contributed by atoms with Crippen LogP contribution in [0.3, 0.4) is 0 Å². The quantitative estimate of drug-likeness (QED) is 0.531. The van der Waals surface area contributed by atoms with E-state index in [-0.39, 0.29) is 31.1 Å². The number of sulfonamides is 1. The van der Waals surface area contributed by atoms with Crippen molar-refractivity contribution < 1.29 is 32.6 Å². The van der Waals surface area contributed by atoms with Crippen LogP contribution in [0.4, 0.5) is 10.5 Å². The van der Waals surface area contributed by atoms with Crippen molar-refractivity contribution in [1.29, 1.82) is 0 Å². The van der Waals surface area contributed by atoms with Crippen LogP contribution >= 0.6 is 0 Å². The molecule has 0 aromatic heterocycles. The van der Waals surface area contributed by atoms with Crippen molar-refractivity contribution >= 4 is 27.7 Å². The minimum atomic E-state index is -4.12. The smallest absolute Gasteiger partial charge is 0.323 e. The summed E-state index contributed by atoms with van der Waals surface area (Å²) >= 11 is 0. The molecule has 1 aliphatic rings. The number of aliphatic carboxylic acids is 1. The first-order valence-electron chi connectivity index (χ1n) is 10.8. The van der Waals surface area contributed by atoms with Crippen molar-refractivity contribution in [2.24, 2.45) is 0 Å². The molecule has 10 nitrogen and oxygen atoms in total. The van der Waals surface area contributed by atoms with Gasteiger partial charge in [0, 0.05) is 32.4 Å². The third-order valence-electron chi connectivity index (χ3n) is 5.34. The van der Waals surface area contributed by atoms with Gasteiger partial charge in [0.2, 0.25) is 10.0 Å². The van der Waals surface area contributed by atoms with Crippen LogP contribution in [0.15, 0.2) is 53.4 Å². The number of methoxy groups -OCH3 is 1. The lowest BCUT2D eigenvalue weighted by molar-refractivity contribution is -0.142. The van der Waals surface area contributed by atoms with Gasteiger partial charge < -0.3 is 24.8 Å². The summed E-state index contributed by atoms with van der Waals surface area (Å²) in [4.78, 5) is 25.9. The maximum atomic E-state index is 13.2. The third kappa shape index (κ3) is 6.51. The highest BCUT2D eigenvalue weighted by Crippen LogP contribution is 2.24. The summed E-state index contributed by atoms with van der Waals surface area (Å²) in [6.07, 6.45) is 0. The molecule has 1 aliphatic heterocycles. The standard InChI is InChI=1S/C24H27N3O7S/c1-3-4-15-34-20-9-11-21(12-10-20)35(31,32)27-14-13-26(16-22(27)23(28)29)24(30)25-19-7-5-18(6-8-19)17-33-2/h5-12,22H,13-17H2,1-2H3,(H,25,30)(H,28,29). The predicted octanol–water partition coefficient (Wildman–Crippen LogP) is 2.23. The van der Waals surface area contributed by atoms with Gasteiger partial charge in [0.1, 0.15) is 18.4 Å². The Balaban J connectivity index is 1.69. The van der Waals surface area contributed by atoms with E-state index in [2.05, 4.69) is 17.2 Å². The van der Waals surface area contributed by atoms with Crippen LogP contribution in [0.2, 0.25) is 0 Å². The lowest BCUT2D eigenvalue weighted by atomic mass is 10.2. The Labute approximate surface area is 204 Å². The van der Waals surface area contributed by atoms with Crippen LogP contribution in [0.1, 0.15) is 12.5 Å². The minimum absolute atomic E-state index is 0.0352. The van der Waals surface area contributed by atoms with Crippen LogP contribution in [0.25, 0.3) is 0 Å². The number of carbonyl (C=O) groups is 2. The lowest BCUT2D eigenvalue weighted by Crippen LogP contribution is -2.59. The Morgan fingerprint density at radius 3 is 2.40 bits per heavy atom. The van der Waals surface area contributed by atoms with Crippen molar-refractivity contribution in [2.45, 2.75) is 24.5 Å². The number of carboxylic acid groups (broad SMARTS) is 1. The molecular formula is C24H27N3O7S. The first kappa shape index (κ1) is 26.0. The number of rotatable bonds is 8. The van der Waals surface area contributed by atoms with Crippen molar-refractivity contribution in [1.82, 2.24) is 9.21 Å². The van der Waals surface area contributed by atoms with Gasteiger partial charge in [-0.1, -0.05) is 18.1 Å². The average Bonchev–Trinajstić information content (AvgIpc) is 2.85. The molecule has 2 N–H and O–H groups in total. The zero-order valence-corrected chi connectivity index (χ0v) is 20.2. The number of nitrogens with one attached hydrogen (secondary N) is 1. The summed E-state index contributed by atoms with van der Waals surface area (Å²) in [6.45, 7) is 1.87. The number of hydrogen-bond acceptors (Lipinski definition) is 6. The molecule has 186 valence electrons. The van der Waals surface area contributed by atoms with Crippen LogP contribution in [-0.4, -0.2) is 74.1 Å². The Morgan fingerprint density at radius 1 is 1.11 bits per heavy atom. The van der Waals surface area contributed by atoms with E-state index in [1.54, 1.807) is 38.3 Å². The number of nitrogens with zero attached hydrogens (tertiary/aromatic N) is 2. The average molecular weight is 502 g/mol. The molecule has 1 saturated heterocycles. The summed E-state index contributed by atoms with van der Waals surface area (Å²) in [5.41, 5.74) is 1.47. The molecule has 1 unspecified atom stereocenters.